The maximum Gasteiger partial charge on any atom is 0.242 e. The summed E-state index contributed by atoms with van der Waals surface area (Å²) in [7, 11) is 0. The van der Waals surface area contributed by atoms with Crippen molar-refractivity contribution in [3.8, 4) is 11.5 Å². The number of carbonyl (C=O) groups excluding carboxylic acids is 1. The van der Waals surface area contributed by atoms with E-state index in [2.05, 4.69) is 41.1 Å². The second-order valence-corrected chi connectivity index (χ2v) is 8.31. The summed E-state index contributed by atoms with van der Waals surface area (Å²) < 4.78 is 2.00. The molecule has 0 aliphatic carbocycles. The summed E-state index contributed by atoms with van der Waals surface area (Å²) in [6.45, 7) is 5.53. The van der Waals surface area contributed by atoms with Gasteiger partial charge in [0.05, 0.1) is 16.5 Å². The molecule has 5 rings (SSSR count). The average Bonchev–Trinajstić information content (AvgIpc) is 3.42. The van der Waals surface area contributed by atoms with E-state index >= 15 is 0 Å². The summed E-state index contributed by atoms with van der Waals surface area (Å²) in [5.74, 6) is 0.878. The third-order valence-electron chi connectivity index (χ3n) is 5.61. The highest BCUT2D eigenvalue weighted by Gasteiger charge is 2.24. The number of hydrogen-bond donors (Lipinski definition) is 0. The molecule has 152 valence electrons. The number of para-hydroxylation sites is 2. The van der Waals surface area contributed by atoms with Gasteiger partial charge in [0.25, 0.3) is 0 Å². The van der Waals surface area contributed by atoms with Crippen LogP contribution in [0.2, 0.25) is 0 Å². The Morgan fingerprint density at radius 3 is 2.67 bits per heavy atom. The summed E-state index contributed by atoms with van der Waals surface area (Å²) >= 11 is 1.53. The predicted octanol–water partition coefficient (Wildman–Crippen LogP) is 3.82. The molecule has 0 atom stereocenters. The maximum absolute atomic E-state index is 13.2. The van der Waals surface area contributed by atoms with E-state index in [1.165, 1.54) is 22.6 Å². The Kier molecular flexibility index (Phi) is 4.96. The van der Waals surface area contributed by atoms with Crippen LogP contribution in [0.1, 0.15) is 5.56 Å². The second-order valence-electron chi connectivity index (χ2n) is 7.59. The van der Waals surface area contributed by atoms with E-state index in [1.807, 2.05) is 39.1 Å². The van der Waals surface area contributed by atoms with Crippen LogP contribution in [0.5, 0.6) is 0 Å². The molecule has 4 aromatic rings. The molecular weight excluding hydrogens is 394 g/mol. The summed E-state index contributed by atoms with van der Waals surface area (Å²) in [6.07, 6.45) is 0. The molecule has 2 aromatic heterocycles. The molecule has 1 saturated heterocycles. The van der Waals surface area contributed by atoms with Gasteiger partial charge < -0.3 is 14.4 Å². The van der Waals surface area contributed by atoms with Gasteiger partial charge in [0.15, 0.2) is 5.82 Å². The average molecular weight is 418 g/mol. The molecule has 1 aliphatic rings. The van der Waals surface area contributed by atoms with Crippen molar-refractivity contribution >= 4 is 34.0 Å². The van der Waals surface area contributed by atoms with Gasteiger partial charge in [0.2, 0.25) is 5.91 Å². The summed E-state index contributed by atoms with van der Waals surface area (Å²) in [6, 6.07) is 16.5. The number of anilines is 1. The smallest absolute Gasteiger partial charge is 0.242 e. The topological polar surface area (TPSA) is 54.3 Å². The standard InChI is InChI=1S/C23H23N5OS/c1-17-5-4-6-18(13-17)26-9-11-27(12-10-26)22(29)14-28-21-8-3-2-7-19(21)25-23(28)20-15-30-16-24-20/h2-8,13,15-16H,9-12,14H2,1H3. The lowest BCUT2D eigenvalue weighted by atomic mass is 10.2. The van der Waals surface area contributed by atoms with Gasteiger partial charge in [0.1, 0.15) is 12.2 Å². The van der Waals surface area contributed by atoms with E-state index in [9.17, 15) is 4.79 Å². The Balaban J connectivity index is 1.34. The number of amides is 1. The van der Waals surface area contributed by atoms with Gasteiger partial charge in [-0.1, -0.05) is 24.3 Å². The third kappa shape index (κ3) is 3.57. The molecule has 1 amide bonds. The lowest BCUT2D eigenvalue weighted by molar-refractivity contribution is -0.132. The van der Waals surface area contributed by atoms with Crippen LogP contribution >= 0.6 is 11.3 Å². The van der Waals surface area contributed by atoms with Crippen molar-refractivity contribution in [1.82, 2.24) is 19.4 Å². The monoisotopic (exact) mass is 417 g/mol. The number of thiazole rings is 1. The lowest BCUT2D eigenvalue weighted by Crippen LogP contribution is -2.49. The van der Waals surface area contributed by atoms with Gasteiger partial charge in [-0.2, -0.15) is 0 Å². The zero-order valence-corrected chi connectivity index (χ0v) is 17.7. The quantitative estimate of drug-likeness (QED) is 0.507. The highest BCUT2D eigenvalue weighted by Crippen LogP contribution is 2.25. The fourth-order valence-corrected chi connectivity index (χ4v) is 4.56. The predicted molar refractivity (Wildman–Crippen MR) is 121 cm³/mol. The number of nitrogens with zero attached hydrogens (tertiary/aromatic N) is 5. The van der Waals surface area contributed by atoms with E-state index in [0.717, 1.165) is 48.7 Å². The van der Waals surface area contributed by atoms with Crippen LogP contribution in [0.15, 0.2) is 59.4 Å². The van der Waals surface area contributed by atoms with Gasteiger partial charge >= 0.3 is 0 Å². The lowest BCUT2D eigenvalue weighted by Gasteiger charge is -2.36. The minimum Gasteiger partial charge on any atom is -0.368 e. The van der Waals surface area contributed by atoms with Crippen LogP contribution in [-0.2, 0) is 11.3 Å². The third-order valence-corrected chi connectivity index (χ3v) is 6.19. The summed E-state index contributed by atoms with van der Waals surface area (Å²) in [5.41, 5.74) is 6.95. The number of aromatic nitrogens is 3. The van der Waals surface area contributed by atoms with E-state index in [4.69, 9.17) is 4.98 Å². The zero-order valence-electron chi connectivity index (χ0n) is 16.9. The Labute approximate surface area is 179 Å². The number of carbonyl (C=O) groups is 1. The number of benzene rings is 2. The van der Waals surface area contributed by atoms with Crippen LogP contribution in [0.25, 0.3) is 22.6 Å². The molecule has 6 nitrogen and oxygen atoms in total. The molecule has 0 saturated carbocycles. The number of aryl methyl sites for hydroxylation is 1. The highest BCUT2D eigenvalue weighted by atomic mass is 32.1. The largest absolute Gasteiger partial charge is 0.368 e. The van der Waals surface area contributed by atoms with Crippen molar-refractivity contribution < 1.29 is 4.79 Å². The van der Waals surface area contributed by atoms with Gasteiger partial charge in [-0.05, 0) is 36.8 Å². The first-order chi connectivity index (χ1) is 14.7. The van der Waals surface area contributed by atoms with Crippen LogP contribution in [0.4, 0.5) is 5.69 Å². The Bertz CT molecular complexity index is 1180. The molecule has 0 spiro atoms. The number of imidazole rings is 1. The van der Waals surface area contributed by atoms with Crippen molar-refractivity contribution in [2.24, 2.45) is 0 Å². The van der Waals surface area contributed by atoms with Gasteiger partial charge in [0, 0.05) is 37.2 Å². The molecular formula is C23H23N5OS. The first-order valence-electron chi connectivity index (χ1n) is 10.1. The normalized spacial score (nSPS) is 14.4. The van der Waals surface area contributed by atoms with E-state index in [1.54, 1.807) is 5.51 Å². The fraction of sp³-hybridized carbons (Fsp3) is 0.261. The molecule has 7 heteroatoms. The second kappa shape index (κ2) is 7.91. The van der Waals surface area contributed by atoms with Crippen LogP contribution < -0.4 is 4.90 Å². The number of piperazine rings is 1. The molecule has 0 radical (unpaired) electrons. The van der Waals surface area contributed by atoms with Crippen molar-refractivity contribution in [1.29, 1.82) is 0 Å². The van der Waals surface area contributed by atoms with E-state index < -0.39 is 0 Å². The molecule has 0 N–H and O–H groups in total. The fourth-order valence-electron chi connectivity index (χ4n) is 4.03. The SMILES string of the molecule is Cc1cccc(N2CCN(C(=O)Cn3c(-c4cscn4)nc4ccccc43)CC2)c1. The van der Waals surface area contributed by atoms with Crippen molar-refractivity contribution in [3.63, 3.8) is 0 Å². The molecule has 0 bridgehead atoms. The van der Waals surface area contributed by atoms with Gasteiger partial charge in [-0.3, -0.25) is 4.79 Å². The zero-order chi connectivity index (χ0) is 20.5. The minimum atomic E-state index is 0.124. The maximum atomic E-state index is 13.2. The van der Waals surface area contributed by atoms with E-state index in [0.29, 0.717) is 0 Å². The molecule has 30 heavy (non-hydrogen) atoms. The van der Waals surface area contributed by atoms with Crippen LogP contribution in [-0.4, -0.2) is 51.5 Å². The van der Waals surface area contributed by atoms with Crippen LogP contribution in [0.3, 0.4) is 0 Å². The molecule has 0 unspecified atom stereocenters. The van der Waals surface area contributed by atoms with Crippen molar-refractivity contribution in [2.45, 2.75) is 13.5 Å². The first-order valence-corrected chi connectivity index (χ1v) is 11.1. The summed E-state index contributed by atoms with van der Waals surface area (Å²) in [4.78, 5) is 26.6. The van der Waals surface area contributed by atoms with Crippen molar-refractivity contribution in [2.75, 3.05) is 31.1 Å². The Hall–Kier alpha value is -3.19. The van der Waals surface area contributed by atoms with Gasteiger partial charge in [-0.15, -0.1) is 11.3 Å². The number of hydrogen-bond acceptors (Lipinski definition) is 5. The minimum absolute atomic E-state index is 0.124. The Morgan fingerprint density at radius 1 is 1.07 bits per heavy atom. The Morgan fingerprint density at radius 2 is 1.90 bits per heavy atom. The van der Waals surface area contributed by atoms with Crippen LogP contribution in [0, 0.1) is 6.92 Å². The van der Waals surface area contributed by atoms with E-state index in [-0.39, 0.29) is 12.5 Å². The van der Waals surface area contributed by atoms with Gasteiger partial charge in [-0.25, -0.2) is 9.97 Å². The molecule has 3 heterocycles. The van der Waals surface area contributed by atoms with Crippen molar-refractivity contribution in [3.05, 3.63) is 65.0 Å². The molecule has 1 aliphatic heterocycles. The first kappa shape index (κ1) is 18.8. The number of rotatable bonds is 4. The summed E-state index contributed by atoms with van der Waals surface area (Å²) in [5, 5.41) is 1.98. The number of fused-ring (bicyclic) bond motifs is 1. The highest BCUT2D eigenvalue weighted by molar-refractivity contribution is 7.07. The molecule has 1 fully saturated rings. The molecule has 2 aromatic carbocycles.